The zero-order valence-electron chi connectivity index (χ0n) is 9.56. The topological polar surface area (TPSA) is 55.8 Å². The maximum Gasteiger partial charge on any atom is 0.359 e. The Morgan fingerprint density at radius 2 is 1.50 bits per heavy atom. The van der Waals surface area contributed by atoms with Gasteiger partial charge in [0.2, 0.25) is 0 Å². The molecule has 5 heteroatoms. The average Bonchev–Trinajstić information content (AvgIpc) is 1.99. The van der Waals surface area contributed by atoms with Crippen LogP contribution in [0, 0.1) is 0 Å². The molecule has 0 heterocycles. The lowest BCUT2D eigenvalue weighted by Crippen LogP contribution is -2.17. The summed E-state index contributed by atoms with van der Waals surface area (Å²) in [6.07, 6.45) is -0.0851. The first kappa shape index (κ1) is 14.1. The first-order valence-electron chi connectivity index (χ1n) is 4.96. The molecule has 4 nitrogen and oxygen atoms in total. The average molecular weight is 224 g/mol. The molecule has 0 aliphatic heterocycles. The molecule has 0 radical (unpaired) electrons. The number of hydrogen-bond acceptors (Lipinski definition) is 4. The van der Waals surface area contributed by atoms with E-state index in [4.69, 9.17) is 9.05 Å². The third-order valence-electron chi connectivity index (χ3n) is 1.45. The normalized spacial score (nSPS) is 15.1. The Morgan fingerprint density at radius 3 is 1.71 bits per heavy atom. The van der Waals surface area contributed by atoms with Crippen LogP contribution in [-0.4, -0.2) is 23.2 Å². The van der Waals surface area contributed by atoms with E-state index < -0.39 is 13.4 Å². The van der Waals surface area contributed by atoms with E-state index in [0.29, 0.717) is 6.42 Å². The molecule has 0 saturated heterocycles. The lowest BCUT2D eigenvalue weighted by Gasteiger charge is -2.25. The van der Waals surface area contributed by atoms with E-state index >= 15 is 0 Å². The molecule has 0 aromatic carbocycles. The van der Waals surface area contributed by atoms with Gasteiger partial charge in [-0.3, -0.25) is 4.57 Å². The van der Waals surface area contributed by atoms with Crippen molar-refractivity contribution in [2.24, 2.45) is 0 Å². The van der Waals surface area contributed by atoms with Crippen molar-refractivity contribution in [3.8, 4) is 0 Å². The van der Waals surface area contributed by atoms with Crippen LogP contribution in [-0.2, 0) is 13.6 Å². The fourth-order valence-corrected chi connectivity index (χ4v) is 2.93. The van der Waals surface area contributed by atoms with Gasteiger partial charge >= 0.3 is 7.60 Å². The number of aliphatic hydroxyl groups excluding tert-OH is 1. The molecular weight excluding hydrogens is 203 g/mol. The number of hydrogen-bond donors (Lipinski definition) is 1. The summed E-state index contributed by atoms with van der Waals surface area (Å²) >= 11 is 0. The van der Waals surface area contributed by atoms with Gasteiger partial charge in [0.1, 0.15) is 0 Å². The molecule has 0 saturated carbocycles. The van der Waals surface area contributed by atoms with Crippen molar-refractivity contribution in [2.75, 3.05) is 0 Å². The van der Waals surface area contributed by atoms with E-state index in [2.05, 4.69) is 0 Å². The van der Waals surface area contributed by atoms with Crippen LogP contribution in [0.3, 0.4) is 0 Å². The molecule has 0 spiro atoms. The lowest BCUT2D eigenvalue weighted by atomic mass is 10.5. The highest BCUT2D eigenvalue weighted by Crippen LogP contribution is 2.54. The van der Waals surface area contributed by atoms with Gasteiger partial charge in [-0.1, -0.05) is 6.92 Å². The zero-order valence-corrected chi connectivity index (χ0v) is 10.5. The molecule has 0 rings (SSSR count). The third-order valence-corrected chi connectivity index (χ3v) is 3.97. The predicted molar refractivity (Wildman–Crippen MR) is 56.3 cm³/mol. The van der Waals surface area contributed by atoms with Gasteiger partial charge in [0.25, 0.3) is 0 Å². The van der Waals surface area contributed by atoms with Crippen molar-refractivity contribution in [1.82, 2.24) is 0 Å². The van der Waals surface area contributed by atoms with Gasteiger partial charge in [-0.25, -0.2) is 0 Å². The van der Waals surface area contributed by atoms with Crippen molar-refractivity contribution < 1.29 is 18.7 Å². The molecule has 0 fully saturated rings. The SMILES string of the molecule is CC[C@@H](O)P(=O)(OC(C)C)OC(C)C. The van der Waals surface area contributed by atoms with Crippen molar-refractivity contribution >= 4 is 7.60 Å². The van der Waals surface area contributed by atoms with Crippen LogP contribution in [0.1, 0.15) is 41.0 Å². The third kappa shape index (κ3) is 4.56. The zero-order chi connectivity index (χ0) is 11.4. The molecular formula is C9H21O4P. The van der Waals surface area contributed by atoms with E-state index in [-0.39, 0.29) is 12.2 Å². The van der Waals surface area contributed by atoms with E-state index in [0.717, 1.165) is 0 Å². The highest BCUT2D eigenvalue weighted by molar-refractivity contribution is 7.54. The van der Waals surface area contributed by atoms with Crippen LogP contribution in [0.2, 0.25) is 0 Å². The number of rotatable bonds is 6. The fourth-order valence-electron chi connectivity index (χ4n) is 0.977. The molecule has 14 heavy (non-hydrogen) atoms. The Bertz CT molecular complexity index is 189. The second kappa shape index (κ2) is 5.86. The molecule has 0 bridgehead atoms. The molecule has 1 N–H and O–H groups in total. The Hall–Kier alpha value is 0.110. The molecule has 0 aromatic rings. The first-order valence-corrected chi connectivity index (χ1v) is 6.57. The minimum atomic E-state index is -3.37. The van der Waals surface area contributed by atoms with E-state index in [1.54, 1.807) is 34.6 Å². The summed E-state index contributed by atoms with van der Waals surface area (Å²) < 4.78 is 22.4. The second-order valence-electron chi connectivity index (χ2n) is 3.74. The smallest absolute Gasteiger partial charge is 0.359 e. The minimum absolute atomic E-state index is 0.221. The summed E-state index contributed by atoms with van der Waals surface area (Å²) in [6, 6.07) is 0. The van der Waals surface area contributed by atoms with Gasteiger partial charge in [0, 0.05) is 0 Å². The Morgan fingerprint density at radius 1 is 1.14 bits per heavy atom. The quantitative estimate of drug-likeness (QED) is 0.705. The van der Waals surface area contributed by atoms with Gasteiger partial charge in [-0.2, -0.15) is 0 Å². The molecule has 0 aliphatic rings. The largest absolute Gasteiger partial charge is 0.380 e. The number of aliphatic hydroxyl groups is 1. The van der Waals surface area contributed by atoms with Crippen LogP contribution >= 0.6 is 7.60 Å². The van der Waals surface area contributed by atoms with E-state index in [1.807, 2.05) is 0 Å². The maximum atomic E-state index is 12.1. The molecule has 0 aromatic heterocycles. The first-order chi connectivity index (χ1) is 6.31. The summed E-state index contributed by atoms with van der Waals surface area (Å²) in [5.41, 5.74) is 0. The summed E-state index contributed by atoms with van der Waals surface area (Å²) in [6.45, 7) is 8.79. The second-order valence-corrected chi connectivity index (χ2v) is 5.83. The highest BCUT2D eigenvalue weighted by atomic mass is 31.2. The molecule has 0 amide bonds. The lowest BCUT2D eigenvalue weighted by molar-refractivity contribution is 0.0997. The van der Waals surface area contributed by atoms with Gasteiger partial charge in [-0.15, -0.1) is 0 Å². The Balaban J connectivity index is 4.58. The summed E-state index contributed by atoms with van der Waals surface area (Å²) in [7, 11) is -3.37. The predicted octanol–water partition coefficient (Wildman–Crippen LogP) is 2.76. The van der Waals surface area contributed by atoms with Crippen LogP contribution in [0.15, 0.2) is 0 Å². The van der Waals surface area contributed by atoms with Crippen molar-refractivity contribution in [2.45, 2.75) is 59.1 Å². The van der Waals surface area contributed by atoms with Crippen LogP contribution in [0.25, 0.3) is 0 Å². The van der Waals surface area contributed by atoms with Gasteiger partial charge in [0.15, 0.2) is 5.85 Å². The van der Waals surface area contributed by atoms with Gasteiger partial charge < -0.3 is 14.2 Å². The van der Waals surface area contributed by atoms with Gasteiger partial charge in [0.05, 0.1) is 12.2 Å². The summed E-state index contributed by atoms with van der Waals surface area (Å²) in [4.78, 5) is 0. The van der Waals surface area contributed by atoms with Crippen molar-refractivity contribution in [3.63, 3.8) is 0 Å². The van der Waals surface area contributed by atoms with Crippen molar-refractivity contribution in [1.29, 1.82) is 0 Å². The van der Waals surface area contributed by atoms with Crippen LogP contribution in [0.5, 0.6) is 0 Å². The minimum Gasteiger partial charge on any atom is -0.380 e. The summed E-state index contributed by atoms with van der Waals surface area (Å²) in [5, 5.41) is 9.56. The molecule has 86 valence electrons. The van der Waals surface area contributed by atoms with Gasteiger partial charge in [-0.05, 0) is 34.1 Å². The Kier molecular flexibility index (Phi) is 5.91. The molecule has 1 atom stereocenters. The summed E-state index contributed by atoms with van der Waals surface area (Å²) in [5.74, 6) is -1.03. The maximum absolute atomic E-state index is 12.1. The van der Waals surface area contributed by atoms with Crippen molar-refractivity contribution in [3.05, 3.63) is 0 Å². The fraction of sp³-hybridized carbons (Fsp3) is 1.00. The standard InChI is InChI=1S/C9H21O4P/c1-6-9(10)14(11,12-7(2)3)13-8(4)5/h7-10H,6H2,1-5H3/t9-/m0/s1. The monoisotopic (exact) mass is 224 g/mol. The Labute approximate surface area is 86.1 Å². The highest BCUT2D eigenvalue weighted by Gasteiger charge is 2.35. The molecule has 0 unspecified atom stereocenters. The van der Waals surface area contributed by atoms with Crippen LogP contribution in [0.4, 0.5) is 0 Å². The van der Waals surface area contributed by atoms with E-state index in [1.165, 1.54) is 0 Å². The molecule has 0 aliphatic carbocycles. The van der Waals surface area contributed by atoms with E-state index in [9.17, 15) is 9.67 Å². The van der Waals surface area contributed by atoms with Crippen LogP contribution < -0.4 is 0 Å².